The molecule has 1 heterocycles. The Kier molecular flexibility index (Phi) is 3.25. The third kappa shape index (κ3) is 2.09. The molecule has 82 valence electrons. The van der Waals surface area contributed by atoms with Crippen molar-refractivity contribution in [1.82, 2.24) is 4.57 Å². The molecule has 1 aromatic heterocycles. The van der Waals surface area contributed by atoms with Gasteiger partial charge in [-0.15, -0.1) is 0 Å². The number of hydrogen-bond donors (Lipinski definition) is 0. The highest BCUT2D eigenvalue weighted by Gasteiger charge is 2.04. The number of hydrogen-bond acceptors (Lipinski definition) is 1. The fraction of sp³-hybridized carbons (Fsp3) is 0.154. The van der Waals surface area contributed by atoms with Crippen LogP contribution in [0.2, 0.25) is 0 Å². The van der Waals surface area contributed by atoms with E-state index < -0.39 is 0 Å². The van der Waals surface area contributed by atoms with E-state index in [0.29, 0.717) is 5.56 Å². The lowest BCUT2D eigenvalue weighted by Gasteiger charge is -2.09. The third-order valence-electron chi connectivity index (χ3n) is 2.55. The second kappa shape index (κ2) is 4.66. The van der Waals surface area contributed by atoms with Gasteiger partial charge in [0.15, 0.2) is 6.29 Å². The molecule has 1 aromatic carbocycles. The molecule has 0 aliphatic carbocycles. The molecule has 0 saturated heterocycles. The second-order valence-corrected chi connectivity index (χ2v) is 4.51. The van der Waals surface area contributed by atoms with Gasteiger partial charge in [0.1, 0.15) is 0 Å². The normalized spacial score (nSPS) is 10.4. The van der Waals surface area contributed by atoms with Crippen LogP contribution in [0.1, 0.15) is 22.8 Å². The quantitative estimate of drug-likeness (QED) is 0.786. The largest absolute Gasteiger partial charge is 0.323 e. The molecule has 2 nitrogen and oxygen atoms in total. The Morgan fingerprint density at radius 2 is 2.19 bits per heavy atom. The van der Waals surface area contributed by atoms with Crippen LogP contribution >= 0.6 is 15.9 Å². The zero-order chi connectivity index (χ0) is 11.5. The topological polar surface area (TPSA) is 22.0 Å². The van der Waals surface area contributed by atoms with Gasteiger partial charge in [-0.3, -0.25) is 4.79 Å². The summed E-state index contributed by atoms with van der Waals surface area (Å²) >= 11 is 3.46. The summed E-state index contributed by atoms with van der Waals surface area (Å²) in [7, 11) is 0. The van der Waals surface area contributed by atoms with Gasteiger partial charge in [-0.1, -0.05) is 22.9 Å². The summed E-state index contributed by atoms with van der Waals surface area (Å²) in [5.74, 6) is 0. The van der Waals surface area contributed by atoms with Gasteiger partial charge < -0.3 is 4.57 Å². The van der Waals surface area contributed by atoms with Gasteiger partial charge >= 0.3 is 0 Å². The molecule has 0 unspecified atom stereocenters. The van der Waals surface area contributed by atoms with Gasteiger partial charge in [-0.2, -0.15) is 0 Å². The standard InChI is InChI=1S/C13H12BrNO/c1-2-11-7-12(14)3-4-13(11)15-6-5-10(8-15)9-16/h3-9H,2H2,1H3. The molecule has 0 aliphatic heterocycles. The number of carbonyl (C=O) groups is 1. The number of nitrogens with zero attached hydrogens (tertiary/aromatic N) is 1. The van der Waals surface area contributed by atoms with Crippen molar-refractivity contribution in [2.45, 2.75) is 13.3 Å². The van der Waals surface area contributed by atoms with Crippen LogP contribution in [0.3, 0.4) is 0 Å². The van der Waals surface area contributed by atoms with E-state index in [1.807, 2.05) is 29.1 Å². The fourth-order valence-electron chi connectivity index (χ4n) is 1.72. The Morgan fingerprint density at radius 3 is 2.81 bits per heavy atom. The van der Waals surface area contributed by atoms with E-state index in [2.05, 4.69) is 35.0 Å². The molecule has 0 atom stereocenters. The summed E-state index contributed by atoms with van der Waals surface area (Å²) in [4.78, 5) is 10.6. The molecule has 0 spiro atoms. The Morgan fingerprint density at radius 1 is 1.38 bits per heavy atom. The number of rotatable bonds is 3. The van der Waals surface area contributed by atoms with Crippen LogP contribution in [0.15, 0.2) is 41.1 Å². The Balaban J connectivity index is 2.50. The Bertz CT molecular complexity index is 516. The summed E-state index contributed by atoms with van der Waals surface area (Å²) in [6.45, 7) is 2.12. The van der Waals surface area contributed by atoms with Gasteiger partial charge in [0.05, 0.1) is 0 Å². The first-order valence-electron chi connectivity index (χ1n) is 5.16. The van der Waals surface area contributed by atoms with E-state index in [1.165, 1.54) is 5.56 Å². The van der Waals surface area contributed by atoms with Gasteiger partial charge in [-0.25, -0.2) is 0 Å². The Hall–Kier alpha value is -1.35. The van der Waals surface area contributed by atoms with Crippen molar-refractivity contribution < 1.29 is 4.79 Å². The molecule has 0 aliphatic rings. The molecular formula is C13H12BrNO. The number of aromatic nitrogens is 1. The van der Waals surface area contributed by atoms with E-state index in [9.17, 15) is 4.79 Å². The predicted octanol–water partition coefficient (Wildman–Crippen LogP) is 3.61. The monoisotopic (exact) mass is 277 g/mol. The van der Waals surface area contributed by atoms with Crippen molar-refractivity contribution >= 4 is 22.2 Å². The first kappa shape index (κ1) is 11.1. The molecule has 16 heavy (non-hydrogen) atoms. The molecule has 2 aromatic rings. The first-order valence-corrected chi connectivity index (χ1v) is 5.96. The number of aldehydes is 1. The van der Waals surface area contributed by atoms with Gasteiger partial charge in [0.2, 0.25) is 0 Å². The maximum Gasteiger partial charge on any atom is 0.151 e. The molecule has 0 saturated carbocycles. The highest BCUT2D eigenvalue weighted by molar-refractivity contribution is 9.10. The molecule has 0 amide bonds. The molecule has 0 bridgehead atoms. The lowest BCUT2D eigenvalue weighted by atomic mass is 10.1. The van der Waals surface area contributed by atoms with Crippen LogP contribution in [0.4, 0.5) is 0 Å². The van der Waals surface area contributed by atoms with E-state index in [4.69, 9.17) is 0 Å². The van der Waals surface area contributed by atoms with Gasteiger partial charge in [-0.05, 0) is 36.2 Å². The van der Waals surface area contributed by atoms with Crippen molar-refractivity contribution in [3.05, 3.63) is 52.3 Å². The van der Waals surface area contributed by atoms with Crippen molar-refractivity contribution in [2.75, 3.05) is 0 Å². The highest BCUT2D eigenvalue weighted by Crippen LogP contribution is 2.21. The summed E-state index contributed by atoms with van der Waals surface area (Å²) in [5, 5.41) is 0. The Labute approximate surface area is 103 Å². The van der Waals surface area contributed by atoms with E-state index >= 15 is 0 Å². The summed E-state index contributed by atoms with van der Waals surface area (Å²) in [5.41, 5.74) is 3.08. The number of benzene rings is 1. The predicted molar refractivity (Wildman–Crippen MR) is 68.2 cm³/mol. The second-order valence-electron chi connectivity index (χ2n) is 3.60. The fourth-order valence-corrected chi connectivity index (χ4v) is 2.13. The van der Waals surface area contributed by atoms with Crippen molar-refractivity contribution in [3.8, 4) is 5.69 Å². The average molecular weight is 278 g/mol. The molecular weight excluding hydrogens is 266 g/mol. The van der Waals surface area contributed by atoms with Crippen LogP contribution in [0, 0.1) is 0 Å². The zero-order valence-electron chi connectivity index (χ0n) is 8.98. The molecule has 3 heteroatoms. The number of carbonyl (C=O) groups excluding carboxylic acids is 1. The van der Waals surface area contributed by atoms with Crippen molar-refractivity contribution in [1.29, 1.82) is 0 Å². The number of halogens is 1. The smallest absolute Gasteiger partial charge is 0.151 e. The van der Waals surface area contributed by atoms with Crippen LogP contribution in [-0.4, -0.2) is 10.9 Å². The summed E-state index contributed by atoms with van der Waals surface area (Å²) in [6, 6.07) is 7.98. The SMILES string of the molecule is CCc1cc(Br)ccc1-n1ccc(C=O)c1. The van der Waals surface area contributed by atoms with E-state index in [-0.39, 0.29) is 0 Å². The van der Waals surface area contributed by atoms with Crippen LogP contribution in [0.25, 0.3) is 5.69 Å². The molecule has 0 fully saturated rings. The minimum Gasteiger partial charge on any atom is -0.323 e. The molecule has 0 N–H and O–H groups in total. The minimum atomic E-state index is 0.699. The number of aryl methyl sites for hydroxylation is 1. The molecule has 2 rings (SSSR count). The minimum absolute atomic E-state index is 0.699. The maximum atomic E-state index is 10.6. The molecule has 0 radical (unpaired) electrons. The lowest BCUT2D eigenvalue weighted by Crippen LogP contribution is -1.96. The van der Waals surface area contributed by atoms with Crippen LogP contribution in [0.5, 0.6) is 0 Å². The van der Waals surface area contributed by atoms with E-state index in [0.717, 1.165) is 22.9 Å². The average Bonchev–Trinajstić information content (AvgIpc) is 2.77. The van der Waals surface area contributed by atoms with Gasteiger partial charge in [0.25, 0.3) is 0 Å². The lowest BCUT2D eigenvalue weighted by molar-refractivity contribution is 0.112. The maximum absolute atomic E-state index is 10.6. The van der Waals surface area contributed by atoms with Crippen LogP contribution < -0.4 is 0 Å². The van der Waals surface area contributed by atoms with Crippen molar-refractivity contribution in [3.63, 3.8) is 0 Å². The van der Waals surface area contributed by atoms with Crippen LogP contribution in [-0.2, 0) is 6.42 Å². The third-order valence-corrected chi connectivity index (χ3v) is 3.05. The van der Waals surface area contributed by atoms with Gasteiger partial charge in [0, 0.05) is 28.1 Å². The summed E-state index contributed by atoms with van der Waals surface area (Å²) in [6.07, 6.45) is 5.58. The zero-order valence-corrected chi connectivity index (χ0v) is 10.6. The van der Waals surface area contributed by atoms with E-state index in [1.54, 1.807) is 0 Å². The summed E-state index contributed by atoms with van der Waals surface area (Å²) < 4.78 is 3.06. The highest BCUT2D eigenvalue weighted by atomic mass is 79.9. The van der Waals surface area contributed by atoms with Crippen molar-refractivity contribution in [2.24, 2.45) is 0 Å². The first-order chi connectivity index (χ1) is 7.74.